The van der Waals surface area contributed by atoms with Crippen molar-refractivity contribution in [2.24, 2.45) is 0 Å². The highest BCUT2D eigenvalue weighted by molar-refractivity contribution is 5.94. The van der Waals surface area contributed by atoms with Crippen LogP contribution in [0.2, 0.25) is 0 Å². The van der Waals surface area contributed by atoms with Crippen molar-refractivity contribution in [2.75, 3.05) is 32.7 Å². The van der Waals surface area contributed by atoms with Crippen LogP contribution in [-0.4, -0.2) is 107 Å². The van der Waals surface area contributed by atoms with Gasteiger partial charge < -0.3 is 40.9 Å². The lowest BCUT2D eigenvalue weighted by atomic mass is 10.2. The number of amides is 6. The maximum atomic E-state index is 12.7. The fourth-order valence-corrected chi connectivity index (χ4v) is 4.69. The number of carbonyl (C=O) groups is 7. The first-order valence-electron chi connectivity index (χ1n) is 13.7. The average Bonchev–Trinajstić information content (AvgIpc) is 3.67. The third-order valence-corrected chi connectivity index (χ3v) is 6.94. The first-order chi connectivity index (χ1) is 20.1. The molecule has 3 rings (SSSR count). The molecule has 1 aromatic carbocycles. The lowest BCUT2D eigenvalue weighted by Gasteiger charge is -2.25. The van der Waals surface area contributed by atoms with Gasteiger partial charge in [0, 0.05) is 13.1 Å². The van der Waals surface area contributed by atoms with Gasteiger partial charge in [-0.1, -0.05) is 30.3 Å². The van der Waals surface area contributed by atoms with Crippen LogP contribution in [-0.2, 0) is 40.1 Å². The molecule has 228 valence electrons. The molecule has 0 aliphatic carbocycles. The summed E-state index contributed by atoms with van der Waals surface area (Å²) in [6.45, 7) is 0.762. The standard InChI is InChI=1S/C27H36N6O9/c1-17(26(39)40)31-25(38)20-10-6-12-33(20)22(35)14-28-21(34)13-29-24(37)19-9-5-11-32(19)23(36)15-30-27(41)42-16-18-7-3-2-4-8-18/h2-4,7-8,17,19-20H,5-6,9-16H2,1H3,(H,28,34)(H,29,37)(H,30,41)(H,31,38)(H,39,40)/t17-,19-,20-/m0/s1. The summed E-state index contributed by atoms with van der Waals surface area (Å²) in [7, 11) is 0. The van der Waals surface area contributed by atoms with Crippen LogP contribution >= 0.6 is 0 Å². The highest BCUT2D eigenvalue weighted by atomic mass is 16.5. The number of aliphatic carboxylic acids is 1. The third kappa shape index (κ3) is 9.17. The number of ether oxygens (including phenoxy) is 1. The van der Waals surface area contributed by atoms with E-state index in [0.717, 1.165) is 5.56 Å². The highest BCUT2D eigenvalue weighted by Gasteiger charge is 2.36. The van der Waals surface area contributed by atoms with Crippen LogP contribution in [0.4, 0.5) is 4.79 Å². The molecule has 3 atom stereocenters. The number of carbonyl (C=O) groups excluding carboxylic acids is 6. The molecule has 5 N–H and O–H groups in total. The van der Waals surface area contributed by atoms with E-state index in [1.807, 2.05) is 18.2 Å². The van der Waals surface area contributed by atoms with Crippen molar-refractivity contribution >= 4 is 41.6 Å². The van der Waals surface area contributed by atoms with Gasteiger partial charge in [-0.2, -0.15) is 0 Å². The summed E-state index contributed by atoms with van der Waals surface area (Å²) in [6.07, 6.45) is 1.10. The van der Waals surface area contributed by atoms with Gasteiger partial charge in [0.25, 0.3) is 0 Å². The van der Waals surface area contributed by atoms with E-state index in [1.54, 1.807) is 12.1 Å². The van der Waals surface area contributed by atoms with E-state index < -0.39 is 72.8 Å². The Kier molecular flexibility index (Phi) is 11.6. The fraction of sp³-hybridized carbons (Fsp3) is 0.519. The minimum atomic E-state index is -1.20. The van der Waals surface area contributed by atoms with E-state index in [9.17, 15) is 33.6 Å². The molecule has 0 saturated carbocycles. The van der Waals surface area contributed by atoms with Gasteiger partial charge in [-0.05, 0) is 38.2 Å². The molecule has 6 amide bonds. The van der Waals surface area contributed by atoms with Gasteiger partial charge in [0.15, 0.2) is 0 Å². The van der Waals surface area contributed by atoms with Gasteiger partial charge in [0.1, 0.15) is 31.3 Å². The molecular weight excluding hydrogens is 552 g/mol. The molecule has 2 fully saturated rings. The molecule has 42 heavy (non-hydrogen) atoms. The number of likely N-dealkylation sites (tertiary alicyclic amines) is 2. The van der Waals surface area contributed by atoms with E-state index >= 15 is 0 Å². The second kappa shape index (κ2) is 15.3. The van der Waals surface area contributed by atoms with Gasteiger partial charge in [-0.3, -0.25) is 28.8 Å². The number of carboxylic acids is 1. The van der Waals surface area contributed by atoms with Crippen molar-refractivity contribution in [2.45, 2.75) is 57.3 Å². The van der Waals surface area contributed by atoms with Crippen LogP contribution < -0.4 is 21.3 Å². The molecule has 0 bridgehead atoms. The summed E-state index contributed by atoms with van der Waals surface area (Å²) >= 11 is 0. The highest BCUT2D eigenvalue weighted by Crippen LogP contribution is 2.18. The quantitative estimate of drug-likeness (QED) is 0.197. The number of rotatable bonds is 12. The number of carboxylic acid groups (broad SMARTS) is 1. The molecular formula is C27H36N6O9. The topological polar surface area (TPSA) is 204 Å². The largest absolute Gasteiger partial charge is 0.480 e. The summed E-state index contributed by atoms with van der Waals surface area (Å²) in [4.78, 5) is 88.2. The average molecular weight is 589 g/mol. The molecule has 2 aliphatic rings. The predicted octanol–water partition coefficient (Wildman–Crippen LogP) is -1.28. The molecule has 2 aliphatic heterocycles. The zero-order chi connectivity index (χ0) is 30.6. The number of benzene rings is 1. The Hall–Kier alpha value is -4.69. The van der Waals surface area contributed by atoms with E-state index in [0.29, 0.717) is 32.2 Å². The maximum Gasteiger partial charge on any atom is 0.407 e. The van der Waals surface area contributed by atoms with Crippen molar-refractivity contribution in [1.29, 1.82) is 0 Å². The second-order valence-electron chi connectivity index (χ2n) is 9.97. The van der Waals surface area contributed by atoms with Gasteiger partial charge >= 0.3 is 12.1 Å². The van der Waals surface area contributed by atoms with Crippen LogP contribution in [0.15, 0.2) is 30.3 Å². The number of alkyl carbamates (subject to hydrolysis) is 1. The Morgan fingerprint density at radius 1 is 0.833 bits per heavy atom. The first kappa shape index (κ1) is 31.8. The second-order valence-corrected chi connectivity index (χ2v) is 9.97. The number of hydrogen-bond donors (Lipinski definition) is 5. The smallest absolute Gasteiger partial charge is 0.407 e. The minimum Gasteiger partial charge on any atom is -0.480 e. The molecule has 0 aromatic heterocycles. The fourth-order valence-electron chi connectivity index (χ4n) is 4.69. The summed E-state index contributed by atoms with van der Waals surface area (Å²) in [5, 5.41) is 18.6. The Morgan fingerprint density at radius 3 is 2.00 bits per heavy atom. The van der Waals surface area contributed by atoms with Crippen LogP contribution in [0, 0.1) is 0 Å². The summed E-state index contributed by atoms with van der Waals surface area (Å²) in [6, 6.07) is 6.28. The zero-order valence-corrected chi connectivity index (χ0v) is 23.3. The number of nitrogens with zero attached hydrogens (tertiary/aromatic N) is 2. The first-order valence-corrected chi connectivity index (χ1v) is 13.7. The van der Waals surface area contributed by atoms with Crippen molar-refractivity contribution in [3.8, 4) is 0 Å². The van der Waals surface area contributed by atoms with Crippen LogP contribution in [0.1, 0.15) is 38.2 Å². The van der Waals surface area contributed by atoms with Gasteiger partial charge in [-0.15, -0.1) is 0 Å². The van der Waals surface area contributed by atoms with E-state index in [1.165, 1.54) is 16.7 Å². The maximum absolute atomic E-state index is 12.7. The van der Waals surface area contributed by atoms with E-state index in [2.05, 4.69) is 21.3 Å². The minimum absolute atomic E-state index is 0.0449. The molecule has 2 heterocycles. The molecule has 15 heteroatoms. The van der Waals surface area contributed by atoms with Crippen molar-refractivity contribution in [1.82, 2.24) is 31.1 Å². The monoisotopic (exact) mass is 588 g/mol. The van der Waals surface area contributed by atoms with Crippen LogP contribution in [0.5, 0.6) is 0 Å². The van der Waals surface area contributed by atoms with E-state index in [-0.39, 0.29) is 19.7 Å². The van der Waals surface area contributed by atoms with Gasteiger partial charge in [-0.25, -0.2) is 4.79 Å². The Labute approximate surface area is 242 Å². The number of nitrogens with one attached hydrogen (secondary N) is 4. The molecule has 2 saturated heterocycles. The predicted molar refractivity (Wildman–Crippen MR) is 145 cm³/mol. The molecule has 0 unspecified atom stereocenters. The summed E-state index contributed by atoms with van der Waals surface area (Å²) < 4.78 is 5.08. The normalized spacial score (nSPS) is 18.5. The van der Waals surface area contributed by atoms with Crippen LogP contribution in [0.3, 0.4) is 0 Å². The van der Waals surface area contributed by atoms with Crippen molar-refractivity contribution in [3.63, 3.8) is 0 Å². The van der Waals surface area contributed by atoms with Gasteiger partial charge in [0.05, 0.1) is 13.1 Å². The van der Waals surface area contributed by atoms with Crippen molar-refractivity contribution < 1.29 is 43.4 Å². The Balaban J connectivity index is 1.37. The molecule has 15 nitrogen and oxygen atoms in total. The van der Waals surface area contributed by atoms with Gasteiger partial charge in [0.2, 0.25) is 29.5 Å². The number of hydrogen-bond acceptors (Lipinski definition) is 8. The van der Waals surface area contributed by atoms with Crippen molar-refractivity contribution in [3.05, 3.63) is 35.9 Å². The molecule has 0 spiro atoms. The third-order valence-electron chi connectivity index (χ3n) is 6.94. The lowest BCUT2D eigenvalue weighted by Crippen LogP contribution is -2.52. The molecule has 0 radical (unpaired) electrons. The zero-order valence-electron chi connectivity index (χ0n) is 23.3. The lowest BCUT2D eigenvalue weighted by molar-refractivity contribution is -0.143. The van der Waals surface area contributed by atoms with E-state index in [4.69, 9.17) is 9.84 Å². The SMILES string of the molecule is C[C@H](NC(=O)[C@@H]1CCCN1C(=O)CNC(=O)CNC(=O)[C@@H]1CCCN1C(=O)CNC(=O)OCc1ccccc1)C(=O)O. The Bertz CT molecular complexity index is 1180. The van der Waals surface area contributed by atoms with Crippen LogP contribution in [0.25, 0.3) is 0 Å². The summed E-state index contributed by atoms with van der Waals surface area (Å²) in [5.41, 5.74) is 0.791. The Morgan fingerprint density at radius 2 is 1.40 bits per heavy atom. The summed E-state index contributed by atoms with van der Waals surface area (Å²) in [5.74, 6) is -3.95. The molecule has 1 aromatic rings.